The third-order valence-corrected chi connectivity index (χ3v) is 1.44. The summed E-state index contributed by atoms with van der Waals surface area (Å²) in [6, 6.07) is 0. The van der Waals surface area contributed by atoms with Crippen LogP contribution in [0.1, 0.15) is 28.4 Å². The van der Waals surface area contributed by atoms with Gasteiger partial charge in [0.05, 0.1) is 0 Å². The SMILES string of the molecule is Cc1nnc(C(=O)c2nnc(C)o2)o1. The van der Waals surface area contributed by atoms with Crippen LogP contribution in [0.2, 0.25) is 0 Å². The largest absolute Gasteiger partial charge is 0.418 e. The Morgan fingerprint density at radius 1 is 0.929 bits per heavy atom. The van der Waals surface area contributed by atoms with Gasteiger partial charge < -0.3 is 8.83 Å². The van der Waals surface area contributed by atoms with Crippen LogP contribution in [0.4, 0.5) is 0 Å². The highest BCUT2D eigenvalue weighted by atomic mass is 16.4. The Morgan fingerprint density at radius 3 is 1.64 bits per heavy atom. The van der Waals surface area contributed by atoms with Gasteiger partial charge in [-0.1, -0.05) is 0 Å². The molecule has 2 aromatic heterocycles. The number of rotatable bonds is 2. The standard InChI is InChI=1S/C7H6N4O3/c1-3-8-10-6(13-3)5(12)7-11-9-4(2)14-7/h1-2H3. The lowest BCUT2D eigenvalue weighted by atomic mass is 10.4. The van der Waals surface area contributed by atoms with E-state index in [-0.39, 0.29) is 11.8 Å². The maximum atomic E-state index is 11.5. The van der Waals surface area contributed by atoms with Crippen molar-refractivity contribution in [1.29, 1.82) is 0 Å². The third-order valence-electron chi connectivity index (χ3n) is 1.44. The molecule has 0 saturated carbocycles. The van der Waals surface area contributed by atoms with Crippen molar-refractivity contribution in [1.82, 2.24) is 20.4 Å². The number of aryl methyl sites for hydroxylation is 2. The molecule has 2 heterocycles. The number of hydrogen-bond acceptors (Lipinski definition) is 7. The summed E-state index contributed by atoms with van der Waals surface area (Å²) in [5.74, 6) is -0.238. The van der Waals surface area contributed by atoms with Crippen molar-refractivity contribution >= 4 is 5.78 Å². The number of ketones is 1. The molecule has 0 N–H and O–H groups in total. The minimum Gasteiger partial charge on any atom is -0.418 e. The van der Waals surface area contributed by atoms with E-state index in [1.807, 2.05) is 0 Å². The van der Waals surface area contributed by atoms with Crippen molar-refractivity contribution in [3.63, 3.8) is 0 Å². The molecule has 0 saturated heterocycles. The van der Waals surface area contributed by atoms with Crippen molar-refractivity contribution in [2.75, 3.05) is 0 Å². The van der Waals surface area contributed by atoms with Crippen molar-refractivity contribution in [2.24, 2.45) is 0 Å². The van der Waals surface area contributed by atoms with Crippen LogP contribution in [-0.4, -0.2) is 26.2 Å². The van der Waals surface area contributed by atoms with Crippen LogP contribution in [0.3, 0.4) is 0 Å². The van der Waals surface area contributed by atoms with Gasteiger partial charge in [-0.3, -0.25) is 4.79 Å². The summed E-state index contributed by atoms with van der Waals surface area (Å²) in [5.41, 5.74) is 0. The molecule has 0 unspecified atom stereocenters. The van der Waals surface area contributed by atoms with E-state index in [4.69, 9.17) is 8.83 Å². The Morgan fingerprint density at radius 2 is 1.36 bits per heavy atom. The Balaban J connectivity index is 2.33. The summed E-state index contributed by atoms with van der Waals surface area (Å²) in [4.78, 5) is 11.5. The van der Waals surface area contributed by atoms with Crippen molar-refractivity contribution < 1.29 is 13.6 Å². The quantitative estimate of drug-likeness (QED) is 0.634. The van der Waals surface area contributed by atoms with Crippen molar-refractivity contribution in [3.05, 3.63) is 23.6 Å². The maximum Gasteiger partial charge on any atom is 0.306 e. The fraction of sp³-hybridized carbons (Fsp3) is 0.286. The first kappa shape index (κ1) is 8.54. The monoisotopic (exact) mass is 194 g/mol. The minimum absolute atomic E-state index is 0.147. The first-order valence-corrected chi connectivity index (χ1v) is 3.82. The summed E-state index contributed by atoms with van der Waals surface area (Å²) in [6.45, 7) is 3.17. The van der Waals surface area contributed by atoms with Gasteiger partial charge in [-0.05, 0) is 0 Å². The van der Waals surface area contributed by atoms with Gasteiger partial charge in [-0.25, -0.2) is 0 Å². The highest BCUT2D eigenvalue weighted by Crippen LogP contribution is 2.06. The highest BCUT2D eigenvalue weighted by molar-refractivity contribution is 6.02. The summed E-state index contributed by atoms with van der Waals surface area (Å²) in [6.07, 6.45) is 0. The van der Waals surface area contributed by atoms with Gasteiger partial charge in [-0.2, -0.15) is 0 Å². The molecule has 0 radical (unpaired) electrons. The molecule has 0 aliphatic rings. The molecule has 0 atom stereocenters. The molecule has 2 rings (SSSR count). The van der Waals surface area contributed by atoms with Gasteiger partial charge in [0.2, 0.25) is 11.8 Å². The number of hydrogen-bond donors (Lipinski definition) is 0. The number of nitrogens with zero attached hydrogens (tertiary/aromatic N) is 4. The lowest BCUT2D eigenvalue weighted by Crippen LogP contribution is -2.02. The van der Waals surface area contributed by atoms with Crippen molar-refractivity contribution in [3.8, 4) is 0 Å². The third kappa shape index (κ3) is 1.39. The van der Waals surface area contributed by atoms with E-state index < -0.39 is 5.78 Å². The average Bonchev–Trinajstić information content (AvgIpc) is 2.73. The number of carbonyl (C=O) groups is 1. The van der Waals surface area contributed by atoms with Crippen LogP contribution >= 0.6 is 0 Å². The molecule has 0 aliphatic carbocycles. The Hall–Kier alpha value is -2.05. The zero-order valence-electron chi connectivity index (χ0n) is 7.51. The van der Waals surface area contributed by atoms with Gasteiger partial charge in [0.25, 0.3) is 11.8 Å². The van der Waals surface area contributed by atoms with E-state index in [0.29, 0.717) is 11.8 Å². The normalized spacial score (nSPS) is 10.4. The van der Waals surface area contributed by atoms with E-state index in [1.54, 1.807) is 13.8 Å². The molecule has 0 bridgehead atoms. The fourth-order valence-electron chi connectivity index (χ4n) is 0.868. The molecule has 0 fully saturated rings. The van der Waals surface area contributed by atoms with Crippen LogP contribution in [-0.2, 0) is 0 Å². The predicted molar refractivity (Wildman–Crippen MR) is 41.5 cm³/mol. The Bertz CT molecular complexity index is 430. The molecule has 0 amide bonds. The number of carbonyl (C=O) groups excluding carboxylic acids is 1. The van der Waals surface area contributed by atoms with Crippen LogP contribution in [0.15, 0.2) is 8.83 Å². The highest BCUT2D eigenvalue weighted by Gasteiger charge is 2.21. The van der Waals surface area contributed by atoms with Gasteiger partial charge >= 0.3 is 5.78 Å². The first-order chi connectivity index (χ1) is 6.66. The fourth-order valence-corrected chi connectivity index (χ4v) is 0.868. The van der Waals surface area contributed by atoms with Crippen LogP contribution in [0.5, 0.6) is 0 Å². The molecule has 7 heteroatoms. The number of aromatic nitrogens is 4. The molecule has 14 heavy (non-hydrogen) atoms. The van der Waals surface area contributed by atoms with E-state index in [9.17, 15) is 4.79 Å². The van der Waals surface area contributed by atoms with Gasteiger partial charge in [0, 0.05) is 13.8 Å². The molecule has 72 valence electrons. The second-order valence-corrected chi connectivity index (χ2v) is 2.58. The zero-order chi connectivity index (χ0) is 10.1. The van der Waals surface area contributed by atoms with E-state index >= 15 is 0 Å². The topological polar surface area (TPSA) is 94.9 Å². The molecule has 0 aliphatic heterocycles. The zero-order valence-corrected chi connectivity index (χ0v) is 7.51. The Kier molecular flexibility index (Phi) is 1.84. The summed E-state index contributed by atoms with van der Waals surface area (Å²) < 4.78 is 9.82. The van der Waals surface area contributed by atoms with Gasteiger partial charge in [0.1, 0.15) is 0 Å². The second-order valence-electron chi connectivity index (χ2n) is 2.58. The molecule has 0 aromatic carbocycles. The maximum absolute atomic E-state index is 11.5. The minimum atomic E-state index is -0.564. The summed E-state index contributed by atoms with van der Waals surface area (Å²) in [7, 11) is 0. The molecular formula is C7H6N4O3. The second kappa shape index (κ2) is 3.02. The lowest BCUT2D eigenvalue weighted by Gasteiger charge is -1.85. The molecule has 7 nitrogen and oxygen atoms in total. The first-order valence-electron chi connectivity index (χ1n) is 3.82. The van der Waals surface area contributed by atoms with Crippen LogP contribution in [0.25, 0.3) is 0 Å². The van der Waals surface area contributed by atoms with E-state index in [1.165, 1.54) is 0 Å². The molecule has 2 aromatic rings. The molecular weight excluding hydrogens is 188 g/mol. The smallest absolute Gasteiger partial charge is 0.306 e. The molecule has 0 spiro atoms. The van der Waals surface area contributed by atoms with Gasteiger partial charge in [-0.15, -0.1) is 20.4 Å². The predicted octanol–water partition coefficient (Wildman–Crippen LogP) is 0.300. The average molecular weight is 194 g/mol. The van der Waals surface area contributed by atoms with Gasteiger partial charge in [0.15, 0.2) is 0 Å². The summed E-state index contributed by atoms with van der Waals surface area (Å²) in [5, 5.41) is 14.1. The van der Waals surface area contributed by atoms with E-state index in [0.717, 1.165) is 0 Å². The van der Waals surface area contributed by atoms with Crippen molar-refractivity contribution in [2.45, 2.75) is 13.8 Å². The van der Waals surface area contributed by atoms with E-state index in [2.05, 4.69) is 20.4 Å². The summed E-state index contributed by atoms with van der Waals surface area (Å²) >= 11 is 0. The van der Waals surface area contributed by atoms with Crippen LogP contribution in [0, 0.1) is 13.8 Å². The Labute approximate surface area is 78.1 Å². The lowest BCUT2D eigenvalue weighted by molar-refractivity contribution is 0.0967. The van der Waals surface area contributed by atoms with Crippen LogP contribution < -0.4 is 0 Å².